The Morgan fingerprint density at radius 1 is 0.892 bits per heavy atom. The van der Waals surface area contributed by atoms with Gasteiger partial charge in [0.1, 0.15) is 5.54 Å². The lowest BCUT2D eigenvalue weighted by atomic mass is 9.76. The van der Waals surface area contributed by atoms with Crippen LogP contribution in [0.15, 0.2) is 72.9 Å². The third kappa shape index (κ3) is 2.95. The maximum Gasteiger partial charge on any atom is 0.250 e. The molecule has 0 bridgehead atoms. The second kappa shape index (κ2) is 7.63. The van der Waals surface area contributed by atoms with E-state index in [1.165, 1.54) is 4.90 Å². The number of nitrogens with one attached hydrogen (secondary N) is 3. The Morgan fingerprint density at radius 2 is 1.70 bits per heavy atom. The molecule has 184 valence electrons. The molecule has 4 atom stereocenters. The molecule has 0 saturated carbocycles. The molecule has 7 heteroatoms. The SMILES string of the molecule is Cc1cccc(N2C(=O)C3C(Cc4c[nH]c5ccccc45)NC4(C(=O)Nc5ccc(C)cc54)C3C2=O)c1. The van der Waals surface area contributed by atoms with Crippen LogP contribution in [0.4, 0.5) is 11.4 Å². The molecular formula is C30H26N4O3. The van der Waals surface area contributed by atoms with Crippen LogP contribution in [0.25, 0.3) is 10.9 Å². The number of amides is 3. The fraction of sp³-hybridized carbons (Fsp3) is 0.233. The first-order valence-corrected chi connectivity index (χ1v) is 12.6. The molecule has 37 heavy (non-hydrogen) atoms. The number of anilines is 2. The van der Waals surface area contributed by atoms with Crippen LogP contribution in [0.3, 0.4) is 0 Å². The number of nitrogens with zero attached hydrogens (tertiary/aromatic N) is 1. The Labute approximate surface area is 213 Å². The lowest BCUT2D eigenvalue weighted by molar-refractivity contribution is -0.130. The monoisotopic (exact) mass is 490 g/mol. The highest BCUT2D eigenvalue weighted by molar-refractivity contribution is 6.25. The molecule has 7 rings (SSSR count). The van der Waals surface area contributed by atoms with Crippen molar-refractivity contribution in [1.82, 2.24) is 10.3 Å². The minimum atomic E-state index is -1.31. The topological polar surface area (TPSA) is 94.3 Å². The number of benzene rings is 3. The molecule has 1 aromatic heterocycles. The predicted octanol–water partition coefficient (Wildman–Crippen LogP) is 3.95. The van der Waals surface area contributed by atoms with Gasteiger partial charge in [-0.1, -0.05) is 48.0 Å². The molecule has 1 spiro atoms. The fourth-order valence-electron chi connectivity index (χ4n) is 6.65. The highest BCUT2D eigenvalue weighted by Gasteiger charge is 2.70. The van der Waals surface area contributed by atoms with Gasteiger partial charge in [0.25, 0.3) is 0 Å². The summed E-state index contributed by atoms with van der Waals surface area (Å²) < 4.78 is 0. The van der Waals surface area contributed by atoms with Crippen LogP contribution in [-0.2, 0) is 26.3 Å². The van der Waals surface area contributed by atoms with Crippen molar-refractivity contribution < 1.29 is 14.4 Å². The van der Waals surface area contributed by atoms with Crippen molar-refractivity contribution in [1.29, 1.82) is 0 Å². The van der Waals surface area contributed by atoms with Crippen LogP contribution in [0.5, 0.6) is 0 Å². The van der Waals surface area contributed by atoms with E-state index in [0.717, 1.165) is 33.2 Å². The third-order valence-corrected chi connectivity index (χ3v) is 8.25. The maximum absolute atomic E-state index is 14.1. The van der Waals surface area contributed by atoms with Crippen LogP contribution < -0.4 is 15.5 Å². The maximum atomic E-state index is 14.1. The average Bonchev–Trinajstić information content (AvgIpc) is 3.58. The van der Waals surface area contributed by atoms with Gasteiger partial charge in [0.15, 0.2) is 0 Å². The number of hydrogen-bond acceptors (Lipinski definition) is 4. The van der Waals surface area contributed by atoms with Gasteiger partial charge >= 0.3 is 0 Å². The van der Waals surface area contributed by atoms with Gasteiger partial charge in [-0.25, -0.2) is 4.90 Å². The molecular weight excluding hydrogens is 464 g/mol. The summed E-state index contributed by atoms with van der Waals surface area (Å²) in [7, 11) is 0. The van der Waals surface area contributed by atoms with Gasteiger partial charge in [0.2, 0.25) is 17.7 Å². The van der Waals surface area contributed by atoms with Crippen molar-refractivity contribution in [3.63, 3.8) is 0 Å². The Balaban J connectivity index is 1.39. The summed E-state index contributed by atoms with van der Waals surface area (Å²) in [6.45, 7) is 3.90. The zero-order valence-corrected chi connectivity index (χ0v) is 20.5. The number of aromatic nitrogens is 1. The molecule has 4 heterocycles. The summed E-state index contributed by atoms with van der Waals surface area (Å²) >= 11 is 0. The average molecular weight is 491 g/mol. The second-order valence-corrected chi connectivity index (χ2v) is 10.5. The highest BCUT2D eigenvalue weighted by atomic mass is 16.2. The van der Waals surface area contributed by atoms with E-state index in [0.29, 0.717) is 17.8 Å². The Kier molecular flexibility index (Phi) is 4.54. The van der Waals surface area contributed by atoms with E-state index in [1.54, 1.807) is 6.07 Å². The lowest BCUT2D eigenvalue weighted by Crippen LogP contribution is -2.53. The summed E-state index contributed by atoms with van der Waals surface area (Å²) in [6, 6.07) is 20.8. The minimum Gasteiger partial charge on any atom is -0.361 e. The summed E-state index contributed by atoms with van der Waals surface area (Å²) in [5, 5.41) is 7.61. The number of H-pyrrole nitrogens is 1. The van der Waals surface area contributed by atoms with Crippen LogP contribution in [0.1, 0.15) is 22.3 Å². The minimum absolute atomic E-state index is 0.260. The van der Waals surface area contributed by atoms with Crippen molar-refractivity contribution in [2.45, 2.75) is 31.8 Å². The molecule has 3 amide bonds. The molecule has 3 N–H and O–H groups in total. The van der Waals surface area contributed by atoms with E-state index < -0.39 is 23.4 Å². The van der Waals surface area contributed by atoms with Crippen molar-refractivity contribution in [3.05, 3.63) is 95.2 Å². The van der Waals surface area contributed by atoms with Crippen molar-refractivity contribution >= 4 is 40.0 Å². The number of carbonyl (C=O) groups excluding carboxylic acids is 3. The zero-order chi connectivity index (χ0) is 25.5. The molecule has 4 unspecified atom stereocenters. The predicted molar refractivity (Wildman–Crippen MR) is 141 cm³/mol. The van der Waals surface area contributed by atoms with E-state index in [1.807, 2.05) is 80.7 Å². The van der Waals surface area contributed by atoms with Gasteiger partial charge in [0, 0.05) is 34.4 Å². The number of carbonyl (C=O) groups is 3. The molecule has 3 aromatic carbocycles. The van der Waals surface area contributed by atoms with Gasteiger partial charge in [-0.05, 0) is 55.7 Å². The summed E-state index contributed by atoms with van der Waals surface area (Å²) in [4.78, 5) is 46.6. The van der Waals surface area contributed by atoms with E-state index in [9.17, 15) is 14.4 Å². The highest BCUT2D eigenvalue weighted by Crippen LogP contribution is 2.54. The van der Waals surface area contributed by atoms with E-state index in [4.69, 9.17) is 0 Å². The van der Waals surface area contributed by atoms with Crippen LogP contribution in [0.2, 0.25) is 0 Å². The van der Waals surface area contributed by atoms with Gasteiger partial charge < -0.3 is 10.3 Å². The Morgan fingerprint density at radius 3 is 2.54 bits per heavy atom. The van der Waals surface area contributed by atoms with E-state index in [-0.39, 0.29) is 17.7 Å². The normalized spacial score (nSPS) is 26.3. The lowest BCUT2D eigenvalue weighted by Gasteiger charge is -2.29. The molecule has 7 nitrogen and oxygen atoms in total. The van der Waals surface area contributed by atoms with Gasteiger partial charge in [-0.3, -0.25) is 19.7 Å². The number of aryl methyl sites for hydroxylation is 2. The molecule has 0 aliphatic carbocycles. The number of rotatable bonds is 3. The van der Waals surface area contributed by atoms with Crippen LogP contribution in [0, 0.1) is 25.7 Å². The quantitative estimate of drug-likeness (QED) is 0.379. The molecule has 3 aliphatic heterocycles. The molecule has 2 saturated heterocycles. The van der Waals surface area contributed by atoms with Crippen molar-refractivity contribution in [2.24, 2.45) is 11.8 Å². The first-order valence-electron chi connectivity index (χ1n) is 12.6. The van der Waals surface area contributed by atoms with Crippen LogP contribution >= 0.6 is 0 Å². The Bertz CT molecular complexity index is 1640. The zero-order valence-electron chi connectivity index (χ0n) is 20.5. The number of para-hydroxylation sites is 1. The number of aromatic amines is 1. The molecule has 2 fully saturated rings. The summed E-state index contributed by atoms with van der Waals surface area (Å²) in [5.74, 6) is -2.41. The smallest absolute Gasteiger partial charge is 0.250 e. The second-order valence-electron chi connectivity index (χ2n) is 10.5. The third-order valence-electron chi connectivity index (χ3n) is 8.25. The van der Waals surface area contributed by atoms with E-state index >= 15 is 0 Å². The standard InChI is InChI=1S/C30H26N4O3/c1-16-6-5-7-19(12-16)34-27(35)25-24(14-18-15-31-22-9-4-3-8-20(18)22)33-30(26(25)28(34)36)21-13-17(2)10-11-23(21)32-29(30)37/h3-13,15,24-26,31,33H,14H2,1-2H3,(H,32,37). The largest absolute Gasteiger partial charge is 0.361 e. The van der Waals surface area contributed by atoms with Crippen molar-refractivity contribution in [2.75, 3.05) is 10.2 Å². The number of hydrogen-bond donors (Lipinski definition) is 3. The summed E-state index contributed by atoms with van der Waals surface area (Å²) in [5.41, 5.74) is 4.66. The van der Waals surface area contributed by atoms with E-state index in [2.05, 4.69) is 15.6 Å². The first-order chi connectivity index (χ1) is 17.9. The molecule has 0 radical (unpaired) electrons. The summed E-state index contributed by atoms with van der Waals surface area (Å²) in [6.07, 6.45) is 2.46. The van der Waals surface area contributed by atoms with Crippen LogP contribution in [-0.4, -0.2) is 28.7 Å². The van der Waals surface area contributed by atoms with Gasteiger partial charge in [-0.15, -0.1) is 0 Å². The fourth-order valence-corrected chi connectivity index (χ4v) is 6.65. The van der Waals surface area contributed by atoms with Gasteiger partial charge in [-0.2, -0.15) is 0 Å². The Hall–Kier alpha value is -4.23. The molecule has 3 aliphatic rings. The van der Waals surface area contributed by atoms with Gasteiger partial charge in [0.05, 0.1) is 17.5 Å². The number of imide groups is 1. The number of fused-ring (bicyclic) bond motifs is 5. The molecule has 4 aromatic rings. The first kappa shape index (κ1) is 22.0. The van der Waals surface area contributed by atoms with Crippen molar-refractivity contribution in [3.8, 4) is 0 Å².